The molecule has 1 aromatic rings. The Balaban J connectivity index is 1.70. The van der Waals surface area contributed by atoms with Crippen LogP contribution in [0, 0.1) is 0 Å². The summed E-state index contributed by atoms with van der Waals surface area (Å²) < 4.78 is 0. The number of nitrogens with one attached hydrogen (secondary N) is 1. The number of amides is 1. The summed E-state index contributed by atoms with van der Waals surface area (Å²) in [7, 11) is 2.16. The molecule has 0 bridgehead atoms. The van der Waals surface area contributed by atoms with Crippen LogP contribution in [-0.2, 0) is 4.79 Å². The average molecular weight is 321 g/mol. The van der Waals surface area contributed by atoms with Crippen LogP contribution in [0.5, 0.6) is 0 Å². The highest BCUT2D eigenvalue weighted by molar-refractivity contribution is 8.00. The standard InChI is InChI=1S/C17H27N3OS/c1-3-16(22-15-7-5-4-6-8-15)17(21)18-9-10-20-13-11-19(2)12-14-20/h4-8,16H,3,9-14H2,1-2H3,(H,18,21). The van der Waals surface area contributed by atoms with Gasteiger partial charge in [0, 0.05) is 44.2 Å². The second kappa shape index (κ2) is 9.18. The number of thioether (sulfide) groups is 1. The number of hydrogen-bond donors (Lipinski definition) is 1. The van der Waals surface area contributed by atoms with E-state index in [9.17, 15) is 4.79 Å². The van der Waals surface area contributed by atoms with Crippen LogP contribution in [0.25, 0.3) is 0 Å². The quantitative estimate of drug-likeness (QED) is 0.778. The minimum atomic E-state index is -0.00473. The first-order chi connectivity index (χ1) is 10.7. The Morgan fingerprint density at radius 3 is 2.55 bits per heavy atom. The zero-order chi connectivity index (χ0) is 15.8. The highest BCUT2D eigenvalue weighted by Crippen LogP contribution is 2.24. The van der Waals surface area contributed by atoms with Gasteiger partial charge in [-0.3, -0.25) is 9.69 Å². The molecule has 2 rings (SSSR count). The van der Waals surface area contributed by atoms with Crippen molar-refractivity contribution in [3.63, 3.8) is 0 Å². The molecule has 1 heterocycles. The van der Waals surface area contributed by atoms with Crippen LogP contribution in [0.15, 0.2) is 35.2 Å². The van der Waals surface area contributed by atoms with Crippen molar-refractivity contribution < 1.29 is 4.79 Å². The van der Waals surface area contributed by atoms with Crippen LogP contribution in [0.2, 0.25) is 0 Å². The Kier molecular flexibility index (Phi) is 7.22. The smallest absolute Gasteiger partial charge is 0.233 e. The minimum absolute atomic E-state index is 0.00473. The zero-order valence-corrected chi connectivity index (χ0v) is 14.4. The van der Waals surface area contributed by atoms with Crippen molar-refractivity contribution >= 4 is 17.7 Å². The molecule has 1 atom stereocenters. The number of carbonyl (C=O) groups excluding carboxylic acids is 1. The van der Waals surface area contributed by atoms with Crippen LogP contribution < -0.4 is 5.32 Å². The summed E-state index contributed by atoms with van der Waals surface area (Å²) in [5, 5.41) is 3.09. The van der Waals surface area contributed by atoms with Gasteiger partial charge in [0.2, 0.25) is 5.91 Å². The predicted octanol–water partition coefficient (Wildman–Crippen LogP) is 1.92. The molecule has 5 heteroatoms. The van der Waals surface area contributed by atoms with Crippen molar-refractivity contribution in [2.45, 2.75) is 23.5 Å². The lowest BCUT2D eigenvalue weighted by Gasteiger charge is -2.32. The fourth-order valence-corrected chi connectivity index (χ4v) is 3.51. The second-order valence-corrected chi connectivity index (χ2v) is 7.04. The van der Waals surface area contributed by atoms with Crippen LogP contribution in [0.4, 0.5) is 0 Å². The lowest BCUT2D eigenvalue weighted by Crippen LogP contribution is -2.47. The summed E-state index contributed by atoms with van der Waals surface area (Å²) in [5.41, 5.74) is 0. The van der Waals surface area contributed by atoms with Crippen LogP contribution in [-0.4, -0.2) is 67.3 Å². The summed E-state index contributed by atoms with van der Waals surface area (Å²) in [4.78, 5) is 18.2. The molecule has 1 unspecified atom stereocenters. The summed E-state index contributed by atoms with van der Waals surface area (Å²) in [6.45, 7) is 8.20. The molecule has 4 nitrogen and oxygen atoms in total. The van der Waals surface area contributed by atoms with Gasteiger partial charge in [-0.05, 0) is 25.6 Å². The Labute approximate surface area is 138 Å². The maximum atomic E-state index is 12.3. The van der Waals surface area contributed by atoms with E-state index in [1.807, 2.05) is 18.2 Å². The molecule has 0 spiro atoms. The number of carbonyl (C=O) groups is 1. The van der Waals surface area contributed by atoms with E-state index in [0.29, 0.717) is 0 Å². The largest absolute Gasteiger partial charge is 0.354 e. The van der Waals surface area contributed by atoms with Crippen molar-refractivity contribution in [1.82, 2.24) is 15.1 Å². The highest BCUT2D eigenvalue weighted by Gasteiger charge is 2.18. The molecular weight excluding hydrogens is 294 g/mol. The molecule has 1 N–H and O–H groups in total. The van der Waals surface area contributed by atoms with Crippen molar-refractivity contribution in [3.05, 3.63) is 30.3 Å². The molecule has 0 radical (unpaired) electrons. The van der Waals surface area contributed by atoms with Gasteiger partial charge < -0.3 is 10.2 Å². The van der Waals surface area contributed by atoms with Crippen LogP contribution in [0.1, 0.15) is 13.3 Å². The first kappa shape index (κ1) is 17.3. The topological polar surface area (TPSA) is 35.6 Å². The Hall–Kier alpha value is -1.04. The molecule has 0 saturated carbocycles. The van der Waals surface area contributed by atoms with E-state index in [0.717, 1.165) is 50.6 Å². The molecule has 1 aliphatic rings. The third kappa shape index (κ3) is 5.63. The Morgan fingerprint density at radius 2 is 1.91 bits per heavy atom. The molecule has 0 aliphatic carbocycles. The van der Waals surface area contributed by atoms with Gasteiger partial charge in [-0.2, -0.15) is 0 Å². The van der Waals surface area contributed by atoms with Crippen molar-refractivity contribution in [3.8, 4) is 0 Å². The average Bonchev–Trinajstić information content (AvgIpc) is 2.55. The maximum Gasteiger partial charge on any atom is 0.233 e. The normalized spacial score (nSPS) is 18.1. The third-order valence-corrected chi connectivity index (χ3v) is 5.38. The van der Waals surface area contributed by atoms with Gasteiger partial charge in [-0.1, -0.05) is 25.1 Å². The molecule has 1 aliphatic heterocycles. The predicted molar refractivity (Wildman–Crippen MR) is 93.3 cm³/mol. The van der Waals surface area contributed by atoms with Gasteiger partial charge in [-0.25, -0.2) is 0 Å². The first-order valence-corrected chi connectivity index (χ1v) is 8.97. The van der Waals surface area contributed by atoms with E-state index >= 15 is 0 Å². The molecular formula is C17H27N3OS. The number of benzene rings is 1. The van der Waals surface area contributed by atoms with Gasteiger partial charge >= 0.3 is 0 Å². The van der Waals surface area contributed by atoms with Gasteiger partial charge in [-0.15, -0.1) is 11.8 Å². The lowest BCUT2D eigenvalue weighted by molar-refractivity contribution is -0.120. The number of likely N-dealkylation sites (N-methyl/N-ethyl adjacent to an activating group) is 1. The van der Waals surface area contributed by atoms with Crippen LogP contribution in [0.3, 0.4) is 0 Å². The fourth-order valence-electron chi connectivity index (χ4n) is 2.51. The zero-order valence-electron chi connectivity index (χ0n) is 13.6. The molecule has 0 aromatic heterocycles. The summed E-state index contributed by atoms with van der Waals surface area (Å²) in [6.07, 6.45) is 0.847. The first-order valence-electron chi connectivity index (χ1n) is 8.09. The molecule has 1 aromatic carbocycles. The third-order valence-electron chi connectivity index (χ3n) is 4.01. The molecule has 22 heavy (non-hydrogen) atoms. The summed E-state index contributed by atoms with van der Waals surface area (Å²) in [6, 6.07) is 10.2. The molecule has 1 saturated heterocycles. The van der Waals surface area contributed by atoms with Gasteiger partial charge in [0.15, 0.2) is 0 Å². The second-order valence-electron chi connectivity index (χ2n) is 5.76. The highest BCUT2D eigenvalue weighted by atomic mass is 32.2. The minimum Gasteiger partial charge on any atom is -0.354 e. The van der Waals surface area contributed by atoms with Crippen molar-refractivity contribution in [2.75, 3.05) is 46.3 Å². The number of nitrogens with zero attached hydrogens (tertiary/aromatic N) is 2. The lowest BCUT2D eigenvalue weighted by atomic mass is 10.3. The van der Waals surface area contributed by atoms with E-state index in [-0.39, 0.29) is 11.2 Å². The molecule has 122 valence electrons. The fraction of sp³-hybridized carbons (Fsp3) is 0.588. The van der Waals surface area contributed by atoms with Gasteiger partial charge in [0.1, 0.15) is 0 Å². The SMILES string of the molecule is CCC(Sc1ccccc1)C(=O)NCCN1CCN(C)CC1. The van der Waals surface area contributed by atoms with E-state index in [2.05, 4.69) is 41.2 Å². The number of hydrogen-bond acceptors (Lipinski definition) is 4. The van der Waals surface area contributed by atoms with Gasteiger partial charge in [0.05, 0.1) is 5.25 Å². The molecule has 1 fully saturated rings. The van der Waals surface area contributed by atoms with Crippen LogP contribution >= 0.6 is 11.8 Å². The number of piperazine rings is 1. The van der Waals surface area contributed by atoms with E-state index in [4.69, 9.17) is 0 Å². The maximum absolute atomic E-state index is 12.3. The Bertz CT molecular complexity index is 446. The van der Waals surface area contributed by atoms with E-state index < -0.39 is 0 Å². The van der Waals surface area contributed by atoms with E-state index in [1.165, 1.54) is 0 Å². The monoisotopic (exact) mass is 321 g/mol. The Morgan fingerprint density at radius 1 is 1.23 bits per heavy atom. The summed E-state index contributed by atoms with van der Waals surface area (Å²) in [5.74, 6) is 0.158. The van der Waals surface area contributed by atoms with Crippen molar-refractivity contribution in [1.29, 1.82) is 0 Å². The van der Waals surface area contributed by atoms with Gasteiger partial charge in [0.25, 0.3) is 0 Å². The summed E-state index contributed by atoms with van der Waals surface area (Å²) >= 11 is 1.65. The molecule has 1 amide bonds. The van der Waals surface area contributed by atoms with E-state index in [1.54, 1.807) is 11.8 Å². The van der Waals surface area contributed by atoms with Crippen molar-refractivity contribution in [2.24, 2.45) is 0 Å². The number of rotatable bonds is 7.